The summed E-state index contributed by atoms with van der Waals surface area (Å²) in [5, 5.41) is 0. The molecule has 0 saturated carbocycles. The van der Waals surface area contributed by atoms with Gasteiger partial charge >= 0.3 is 0 Å². The molecule has 11 heteroatoms. The maximum absolute atomic E-state index is 12.7. The van der Waals surface area contributed by atoms with Gasteiger partial charge in [-0.15, -0.1) is 0 Å². The second-order valence-electron chi connectivity index (χ2n) is 8.25. The van der Waals surface area contributed by atoms with E-state index in [2.05, 4.69) is 4.72 Å². The van der Waals surface area contributed by atoms with E-state index in [1.54, 1.807) is 29.2 Å². The number of likely N-dealkylation sites (tertiary alicyclic amines) is 1. The van der Waals surface area contributed by atoms with Gasteiger partial charge in [-0.1, -0.05) is 19.1 Å². The van der Waals surface area contributed by atoms with Gasteiger partial charge in [0.25, 0.3) is 0 Å². The predicted octanol–water partition coefficient (Wildman–Crippen LogP) is 0.961. The molecule has 0 bridgehead atoms. The van der Waals surface area contributed by atoms with Crippen molar-refractivity contribution >= 4 is 26.0 Å². The van der Waals surface area contributed by atoms with Gasteiger partial charge in [0, 0.05) is 38.6 Å². The molecule has 1 aromatic rings. The third-order valence-corrected chi connectivity index (χ3v) is 9.38. The Morgan fingerprint density at radius 3 is 2.25 bits per heavy atom. The molecule has 0 aliphatic carbocycles. The molecule has 3 rings (SSSR count). The lowest BCUT2D eigenvalue weighted by Gasteiger charge is -2.32. The number of hydrogen-bond donors (Lipinski definition) is 1. The van der Waals surface area contributed by atoms with E-state index in [-0.39, 0.29) is 22.6 Å². The zero-order valence-electron chi connectivity index (χ0n) is 18.5. The predicted molar refractivity (Wildman–Crippen MR) is 121 cm³/mol. The Kier molecular flexibility index (Phi) is 8.68. The molecule has 1 aromatic carbocycles. The number of carbonyl (C=O) groups is 1. The number of piperidine rings is 1. The third kappa shape index (κ3) is 6.74. The van der Waals surface area contributed by atoms with Crippen LogP contribution in [0.5, 0.6) is 0 Å². The molecule has 9 nitrogen and oxygen atoms in total. The number of hydrogen-bond acceptors (Lipinski definition) is 6. The molecule has 2 fully saturated rings. The van der Waals surface area contributed by atoms with Crippen molar-refractivity contribution in [3.8, 4) is 0 Å². The number of sulfonamides is 2. The molecule has 1 amide bonds. The Bertz CT molecular complexity index is 965. The highest BCUT2D eigenvalue weighted by Gasteiger charge is 2.27. The van der Waals surface area contributed by atoms with E-state index in [0.717, 1.165) is 5.56 Å². The molecule has 32 heavy (non-hydrogen) atoms. The zero-order chi connectivity index (χ0) is 23.2. The molecule has 2 aliphatic rings. The van der Waals surface area contributed by atoms with Gasteiger partial charge in [0.2, 0.25) is 26.0 Å². The standard InChI is InChI=1S/C21H33N3O6S2/c1-2-17-31(26,27)22-19-9-11-23(12-10-19)21(25)8-5-18-3-6-20(7-4-18)32(28,29)24-13-15-30-16-14-24/h3-4,6-7,19,22H,2,5,8-17H2,1H3. The Labute approximate surface area is 191 Å². The van der Waals surface area contributed by atoms with Gasteiger partial charge < -0.3 is 9.64 Å². The van der Waals surface area contributed by atoms with E-state index < -0.39 is 20.0 Å². The van der Waals surface area contributed by atoms with Crippen LogP contribution in [0.2, 0.25) is 0 Å². The zero-order valence-corrected chi connectivity index (χ0v) is 20.2. The van der Waals surface area contributed by atoms with Crippen molar-refractivity contribution in [2.75, 3.05) is 45.1 Å². The first kappa shape index (κ1) is 25.1. The van der Waals surface area contributed by atoms with Crippen LogP contribution in [0.1, 0.15) is 38.2 Å². The first-order chi connectivity index (χ1) is 15.2. The first-order valence-corrected chi connectivity index (χ1v) is 14.2. The Morgan fingerprint density at radius 1 is 1.03 bits per heavy atom. The number of carbonyl (C=O) groups excluding carboxylic acids is 1. The Balaban J connectivity index is 1.46. The maximum Gasteiger partial charge on any atom is 0.243 e. The molecule has 2 heterocycles. The smallest absolute Gasteiger partial charge is 0.243 e. The number of rotatable bonds is 9. The van der Waals surface area contributed by atoms with Gasteiger partial charge in [-0.3, -0.25) is 4.79 Å². The van der Waals surface area contributed by atoms with Crippen molar-refractivity contribution in [2.24, 2.45) is 0 Å². The highest BCUT2D eigenvalue weighted by Crippen LogP contribution is 2.19. The van der Waals surface area contributed by atoms with E-state index in [0.29, 0.717) is 71.5 Å². The van der Waals surface area contributed by atoms with Crippen molar-refractivity contribution in [1.82, 2.24) is 13.9 Å². The molecule has 2 saturated heterocycles. The quantitative estimate of drug-likeness (QED) is 0.555. The second-order valence-corrected chi connectivity index (χ2v) is 12.1. The number of aryl methyl sites for hydroxylation is 1. The largest absolute Gasteiger partial charge is 0.379 e. The fourth-order valence-electron chi connectivity index (χ4n) is 4.00. The van der Waals surface area contributed by atoms with E-state index in [1.807, 2.05) is 6.92 Å². The molecule has 0 atom stereocenters. The van der Waals surface area contributed by atoms with Crippen LogP contribution in [0.25, 0.3) is 0 Å². The van der Waals surface area contributed by atoms with E-state index in [4.69, 9.17) is 4.74 Å². The van der Waals surface area contributed by atoms with Gasteiger partial charge in [-0.05, 0) is 43.4 Å². The molecular formula is C21H33N3O6S2. The summed E-state index contributed by atoms with van der Waals surface area (Å²) in [7, 11) is -6.76. The van der Waals surface area contributed by atoms with Crippen molar-refractivity contribution in [2.45, 2.75) is 50.0 Å². The highest BCUT2D eigenvalue weighted by molar-refractivity contribution is 7.89. The van der Waals surface area contributed by atoms with E-state index >= 15 is 0 Å². The number of nitrogens with one attached hydrogen (secondary N) is 1. The maximum atomic E-state index is 12.7. The third-order valence-electron chi connectivity index (χ3n) is 5.83. The van der Waals surface area contributed by atoms with Gasteiger partial charge in [-0.25, -0.2) is 21.6 Å². The lowest BCUT2D eigenvalue weighted by Crippen LogP contribution is -2.47. The minimum absolute atomic E-state index is 0.0323. The number of ether oxygens (including phenoxy) is 1. The summed E-state index contributed by atoms with van der Waals surface area (Å²) >= 11 is 0. The summed E-state index contributed by atoms with van der Waals surface area (Å²) in [5.41, 5.74) is 0.904. The molecule has 0 spiro atoms. The van der Waals surface area contributed by atoms with Crippen molar-refractivity contribution in [3.05, 3.63) is 29.8 Å². The van der Waals surface area contributed by atoms with Crippen molar-refractivity contribution < 1.29 is 26.4 Å². The summed E-state index contributed by atoms with van der Waals surface area (Å²) in [6.07, 6.45) is 2.67. The SMILES string of the molecule is CCCS(=O)(=O)NC1CCN(C(=O)CCc2ccc(S(=O)(=O)N3CCOCC3)cc2)CC1. The van der Waals surface area contributed by atoms with Crippen LogP contribution in [-0.4, -0.2) is 83.1 Å². The minimum Gasteiger partial charge on any atom is -0.379 e. The van der Waals surface area contributed by atoms with Crippen LogP contribution in [0.15, 0.2) is 29.2 Å². The van der Waals surface area contributed by atoms with Gasteiger partial charge in [0.1, 0.15) is 0 Å². The summed E-state index contributed by atoms with van der Waals surface area (Å²) in [5.74, 6) is 0.156. The fourth-order valence-corrected chi connectivity index (χ4v) is 6.81. The fraction of sp³-hybridized carbons (Fsp3) is 0.667. The molecule has 0 aromatic heterocycles. The van der Waals surface area contributed by atoms with Gasteiger partial charge in [-0.2, -0.15) is 4.31 Å². The lowest BCUT2D eigenvalue weighted by molar-refractivity contribution is -0.132. The monoisotopic (exact) mass is 487 g/mol. The first-order valence-electron chi connectivity index (χ1n) is 11.2. The van der Waals surface area contributed by atoms with Crippen LogP contribution < -0.4 is 4.72 Å². The number of benzene rings is 1. The van der Waals surface area contributed by atoms with Crippen LogP contribution in [0, 0.1) is 0 Å². The van der Waals surface area contributed by atoms with Crippen LogP contribution in [0.3, 0.4) is 0 Å². The molecule has 180 valence electrons. The number of nitrogens with zero attached hydrogens (tertiary/aromatic N) is 2. The lowest BCUT2D eigenvalue weighted by atomic mass is 10.0. The van der Waals surface area contributed by atoms with Crippen LogP contribution >= 0.6 is 0 Å². The molecule has 0 unspecified atom stereocenters. The average molecular weight is 488 g/mol. The van der Waals surface area contributed by atoms with Gasteiger partial charge in [0.15, 0.2) is 0 Å². The molecule has 1 N–H and O–H groups in total. The van der Waals surface area contributed by atoms with E-state index in [1.165, 1.54) is 4.31 Å². The minimum atomic E-state index is -3.52. The van der Waals surface area contributed by atoms with Crippen molar-refractivity contribution in [1.29, 1.82) is 0 Å². The second kappa shape index (κ2) is 11.1. The molecule has 2 aliphatic heterocycles. The number of amides is 1. The highest BCUT2D eigenvalue weighted by atomic mass is 32.2. The Morgan fingerprint density at radius 2 is 1.66 bits per heavy atom. The summed E-state index contributed by atoms with van der Waals surface area (Å²) < 4.78 is 58.6. The Hall–Kier alpha value is -1.53. The van der Waals surface area contributed by atoms with E-state index in [9.17, 15) is 21.6 Å². The summed E-state index contributed by atoms with van der Waals surface area (Å²) in [6, 6.07) is 6.60. The van der Waals surface area contributed by atoms with Gasteiger partial charge in [0.05, 0.1) is 23.9 Å². The van der Waals surface area contributed by atoms with Crippen LogP contribution in [-0.2, 0) is 36.0 Å². The van der Waals surface area contributed by atoms with Crippen molar-refractivity contribution in [3.63, 3.8) is 0 Å². The van der Waals surface area contributed by atoms with Crippen LogP contribution in [0.4, 0.5) is 0 Å². The average Bonchev–Trinajstić information content (AvgIpc) is 2.78. The summed E-state index contributed by atoms with van der Waals surface area (Å²) in [6.45, 7) is 4.42. The topological polar surface area (TPSA) is 113 Å². The molecule has 0 radical (unpaired) electrons. The summed E-state index contributed by atoms with van der Waals surface area (Å²) in [4.78, 5) is 14.6. The molecular weight excluding hydrogens is 454 g/mol. The normalized spacial score (nSPS) is 19.2. The number of morpholine rings is 1.